The van der Waals surface area contributed by atoms with Crippen LogP contribution in [-0.4, -0.2) is 54.7 Å². The standard InChI is InChI=1S/C12H25N3O3/c1-5-9(3)10(11(16)17)14-12(18)13-7-8-15(4)6-2/h9-10H,5-8H2,1-4H3,(H,16,17)(H2,13,14,18). The second kappa shape index (κ2) is 8.74. The molecule has 0 aromatic rings. The summed E-state index contributed by atoms with van der Waals surface area (Å²) in [4.78, 5) is 24.6. The highest BCUT2D eigenvalue weighted by molar-refractivity contribution is 5.82. The topological polar surface area (TPSA) is 81.7 Å². The Hall–Kier alpha value is -1.30. The van der Waals surface area contributed by atoms with Gasteiger partial charge >= 0.3 is 12.0 Å². The van der Waals surface area contributed by atoms with Crippen molar-refractivity contribution in [2.24, 2.45) is 5.92 Å². The zero-order valence-electron chi connectivity index (χ0n) is 11.7. The summed E-state index contributed by atoms with van der Waals surface area (Å²) in [6.07, 6.45) is 0.704. The number of hydrogen-bond acceptors (Lipinski definition) is 3. The van der Waals surface area contributed by atoms with E-state index in [4.69, 9.17) is 5.11 Å². The SMILES string of the molecule is CCC(C)C(NC(=O)NCCN(C)CC)C(=O)O. The Bertz CT molecular complexity index is 271. The molecule has 0 rings (SSSR count). The number of nitrogens with zero attached hydrogens (tertiary/aromatic N) is 1. The van der Waals surface area contributed by atoms with Gasteiger partial charge in [-0.1, -0.05) is 27.2 Å². The lowest BCUT2D eigenvalue weighted by molar-refractivity contribution is -0.140. The van der Waals surface area contributed by atoms with E-state index >= 15 is 0 Å². The van der Waals surface area contributed by atoms with Crippen molar-refractivity contribution in [3.63, 3.8) is 0 Å². The van der Waals surface area contributed by atoms with Crippen LogP contribution in [0.5, 0.6) is 0 Å². The molecule has 2 atom stereocenters. The average Bonchev–Trinajstić information content (AvgIpc) is 2.34. The van der Waals surface area contributed by atoms with Gasteiger partial charge in [-0.05, 0) is 19.5 Å². The van der Waals surface area contributed by atoms with E-state index < -0.39 is 18.0 Å². The molecule has 0 heterocycles. The fourth-order valence-electron chi connectivity index (χ4n) is 1.39. The molecule has 0 aliphatic rings. The number of amides is 2. The van der Waals surface area contributed by atoms with Crippen molar-refractivity contribution in [2.45, 2.75) is 33.2 Å². The highest BCUT2D eigenvalue weighted by Gasteiger charge is 2.24. The summed E-state index contributed by atoms with van der Waals surface area (Å²) in [7, 11) is 1.96. The predicted molar refractivity (Wildman–Crippen MR) is 70.6 cm³/mol. The summed E-state index contributed by atoms with van der Waals surface area (Å²) in [5.74, 6) is -1.09. The van der Waals surface area contributed by atoms with Gasteiger partial charge in [-0.25, -0.2) is 9.59 Å². The lowest BCUT2D eigenvalue weighted by atomic mass is 9.99. The average molecular weight is 259 g/mol. The van der Waals surface area contributed by atoms with Crippen LogP contribution in [0.4, 0.5) is 4.79 Å². The van der Waals surface area contributed by atoms with Crippen LogP contribution in [0, 0.1) is 5.92 Å². The number of aliphatic carboxylic acids is 1. The molecule has 0 bridgehead atoms. The number of hydrogen-bond donors (Lipinski definition) is 3. The second-order valence-electron chi connectivity index (χ2n) is 4.50. The van der Waals surface area contributed by atoms with E-state index in [1.54, 1.807) is 0 Å². The van der Waals surface area contributed by atoms with E-state index in [1.165, 1.54) is 0 Å². The Labute approximate surface area is 109 Å². The van der Waals surface area contributed by atoms with Crippen LogP contribution in [0.1, 0.15) is 27.2 Å². The van der Waals surface area contributed by atoms with Gasteiger partial charge in [-0.3, -0.25) is 0 Å². The zero-order valence-corrected chi connectivity index (χ0v) is 11.7. The van der Waals surface area contributed by atoms with Gasteiger partial charge < -0.3 is 20.6 Å². The highest BCUT2D eigenvalue weighted by atomic mass is 16.4. The van der Waals surface area contributed by atoms with Crippen LogP contribution in [0.2, 0.25) is 0 Å². The van der Waals surface area contributed by atoms with Gasteiger partial charge in [0, 0.05) is 13.1 Å². The molecule has 18 heavy (non-hydrogen) atoms. The van der Waals surface area contributed by atoms with Gasteiger partial charge in [0.25, 0.3) is 0 Å². The lowest BCUT2D eigenvalue weighted by Gasteiger charge is -2.21. The van der Waals surface area contributed by atoms with Crippen molar-refractivity contribution in [3.05, 3.63) is 0 Å². The van der Waals surface area contributed by atoms with Gasteiger partial charge in [0.05, 0.1) is 0 Å². The molecule has 0 spiro atoms. The first kappa shape index (κ1) is 16.7. The van der Waals surface area contributed by atoms with Gasteiger partial charge in [-0.15, -0.1) is 0 Å². The number of carbonyl (C=O) groups is 2. The third-order valence-electron chi connectivity index (χ3n) is 3.08. The van der Waals surface area contributed by atoms with Gasteiger partial charge in [0.2, 0.25) is 0 Å². The number of rotatable bonds is 8. The zero-order chi connectivity index (χ0) is 14.1. The summed E-state index contributed by atoms with van der Waals surface area (Å²) >= 11 is 0. The summed E-state index contributed by atoms with van der Waals surface area (Å²) < 4.78 is 0. The molecule has 2 amide bonds. The van der Waals surface area contributed by atoms with Gasteiger partial charge in [0.15, 0.2) is 0 Å². The van der Waals surface area contributed by atoms with Crippen molar-refractivity contribution >= 4 is 12.0 Å². The minimum absolute atomic E-state index is 0.0911. The maximum Gasteiger partial charge on any atom is 0.326 e. The van der Waals surface area contributed by atoms with Crippen molar-refractivity contribution in [2.75, 3.05) is 26.7 Å². The Kier molecular flexibility index (Phi) is 8.11. The number of nitrogens with one attached hydrogen (secondary N) is 2. The molecule has 0 radical (unpaired) electrons. The first-order valence-corrected chi connectivity index (χ1v) is 6.38. The number of carboxylic acid groups (broad SMARTS) is 1. The molecule has 0 aliphatic carbocycles. The minimum atomic E-state index is -0.995. The smallest absolute Gasteiger partial charge is 0.326 e. The number of carbonyl (C=O) groups excluding carboxylic acids is 1. The summed E-state index contributed by atoms with van der Waals surface area (Å²) in [6.45, 7) is 7.89. The van der Waals surface area contributed by atoms with Gasteiger partial charge in [-0.2, -0.15) is 0 Å². The fourth-order valence-corrected chi connectivity index (χ4v) is 1.39. The quantitative estimate of drug-likeness (QED) is 0.600. The molecule has 0 aliphatic heterocycles. The molecule has 3 N–H and O–H groups in total. The monoisotopic (exact) mass is 259 g/mol. The molecule has 0 aromatic heterocycles. The van der Waals surface area contributed by atoms with Crippen molar-refractivity contribution in [1.82, 2.24) is 15.5 Å². The Morgan fingerprint density at radius 3 is 2.39 bits per heavy atom. The molecular weight excluding hydrogens is 234 g/mol. The fraction of sp³-hybridized carbons (Fsp3) is 0.833. The first-order chi connectivity index (χ1) is 8.42. The Morgan fingerprint density at radius 1 is 1.33 bits per heavy atom. The highest BCUT2D eigenvalue weighted by Crippen LogP contribution is 2.07. The third-order valence-corrected chi connectivity index (χ3v) is 3.08. The van der Waals surface area contributed by atoms with E-state index in [0.29, 0.717) is 13.0 Å². The van der Waals surface area contributed by atoms with Crippen LogP contribution in [0.15, 0.2) is 0 Å². The maximum absolute atomic E-state index is 11.5. The van der Waals surface area contributed by atoms with Crippen molar-refractivity contribution in [3.8, 4) is 0 Å². The van der Waals surface area contributed by atoms with Crippen LogP contribution in [0.3, 0.4) is 0 Å². The van der Waals surface area contributed by atoms with Crippen LogP contribution < -0.4 is 10.6 Å². The molecule has 0 saturated carbocycles. The maximum atomic E-state index is 11.5. The van der Waals surface area contributed by atoms with Crippen molar-refractivity contribution < 1.29 is 14.7 Å². The van der Waals surface area contributed by atoms with E-state index in [1.807, 2.05) is 27.8 Å². The van der Waals surface area contributed by atoms with E-state index in [9.17, 15) is 9.59 Å². The minimum Gasteiger partial charge on any atom is -0.480 e. The van der Waals surface area contributed by atoms with Crippen molar-refractivity contribution in [1.29, 1.82) is 0 Å². The van der Waals surface area contributed by atoms with Gasteiger partial charge in [0.1, 0.15) is 6.04 Å². The molecule has 106 valence electrons. The lowest BCUT2D eigenvalue weighted by Crippen LogP contribution is -2.50. The van der Waals surface area contributed by atoms with Crippen LogP contribution >= 0.6 is 0 Å². The summed E-state index contributed by atoms with van der Waals surface area (Å²) in [6, 6.07) is -1.26. The van der Waals surface area contributed by atoms with E-state index in [2.05, 4.69) is 15.5 Å². The van der Waals surface area contributed by atoms with Crippen LogP contribution in [-0.2, 0) is 4.79 Å². The molecule has 2 unspecified atom stereocenters. The molecular formula is C12H25N3O3. The molecule has 6 heteroatoms. The van der Waals surface area contributed by atoms with Crippen LogP contribution in [0.25, 0.3) is 0 Å². The summed E-state index contributed by atoms with van der Waals surface area (Å²) in [5.41, 5.74) is 0. The normalized spacial score (nSPS) is 14.1. The van der Waals surface area contributed by atoms with E-state index in [-0.39, 0.29) is 5.92 Å². The number of carboxylic acids is 1. The second-order valence-corrected chi connectivity index (χ2v) is 4.50. The predicted octanol–water partition coefficient (Wildman–Crippen LogP) is 0.737. The third kappa shape index (κ3) is 6.44. The number of likely N-dealkylation sites (N-methyl/N-ethyl adjacent to an activating group) is 1. The Balaban J connectivity index is 4.07. The first-order valence-electron chi connectivity index (χ1n) is 6.38. The molecule has 6 nitrogen and oxygen atoms in total. The molecule has 0 fully saturated rings. The molecule has 0 saturated heterocycles. The largest absolute Gasteiger partial charge is 0.480 e. The summed E-state index contributed by atoms with van der Waals surface area (Å²) in [5, 5.41) is 14.2. The Morgan fingerprint density at radius 2 is 1.94 bits per heavy atom. The molecule has 0 aromatic carbocycles. The van der Waals surface area contributed by atoms with E-state index in [0.717, 1.165) is 13.1 Å². The number of urea groups is 1.